The highest BCUT2D eigenvalue weighted by molar-refractivity contribution is 6.08. The Bertz CT molecular complexity index is 939. The molecule has 0 bridgehead atoms. The number of carbonyl (C=O) groups is 2. The van der Waals surface area contributed by atoms with Crippen LogP contribution >= 0.6 is 0 Å². The Morgan fingerprint density at radius 2 is 2.14 bits per heavy atom. The minimum absolute atomic E-state index is 0.0541. The summed E-state index contributed by atoms with van der Waals surface area (Å²) >= 11 is 0. The van der Waals surface area contributed by atoms with E-state index in [-0.39, 0.29) is 24.5 Å². The Hall–Kier alpha value is -3.19. The van der Waals surface area contributed by atoms with E-state index in [1.807, 2.05) is 6.92 Å². The lowest BCUT2D eigenvalue weighted by molar-refractivity contribution is -0.115. The molecule has 0 saturated heterocycles. The quantitative estimate of drug-likeness (QED) is 0.834. The van der Waals surface area contributed by atoms with Crippen LogP contribution in [0.25, 0.3) is 5.57 Å². The van der Waals surface area contributed by atoms with Gasteiger partial charge in [0.15, 0.2) is 5.82 Å². The maximum absolute atomic E-state index is 12.9. The van der Waals surface area contributed by atoms with Gasteiger partial charge in [-0.05, 0) is 41.7 Å². The van der Waals surface area contributed by atoms with Gasteiger partial charge in [0.05, 0.1) is 24.9 Å². The van der Waals surface area contributed by atoms with Crippen LogP contribution in [0.4, 0.5) is 16.3 Å². The number of nitrogens with one attached hydrogen (secondary N) is 2. The molecule has 3 amide bonds. The number of aromatic nitrogens is 1. The lowest BCUT2D eigenvalue weighted by atomic mass is 9.97. The second-order valence-electron chi connectivity index (χ2n) is 7.10. The van der Waals surface area contributed by atoms with Crippen molar-refractivity contribution in [2.24, 2.45) is 0 Å². The predicted molar refractivity (Wildman–Crippen MR) is 112 cm³/mol. The van der Waals surface area contributed by atoms with Crippen LogP contribution in [0, 0.1) is 0 Å². The van der Waals surface area contributed by atoms with Gasteiger partial charge in [0.2, 0.25) is 5.91 Å². The Morgan fingerprint density at radius 3 is 2.86 bits per heavy atom. The molecule has 0 radical (unpaired) electrons. The summed E-state index contributed by atoms with van der Waals surface area (Å²) in [6, 6.07) is 11.3. The average molecular weight is 392 g/mol. The lowest BCUT2D eigenvalue weighted by Crippen LogP contribution is -2.48. The van der Waals surface area contributed by atoms with Crippen molar-refractivity contribution in [3.63, 3.8) is 0 Å². The van der Waals surface area contributed by atoms with E-state index in [0.29, 0.717) is 18.1 Å². The first kappa shape index (κ1) is 19.1. The van der Waals surface area contributed by atoms with E-state index in [9.17, 15) is 9.59 Å². The molecule has 1 aromatic carbocycles. The van der Waals surface area contributed by atoms with Crippen LogP contribution in [0.3, 0.4) is 0 Å². The Kier molecular flexibility index (Phi) is 5.57. The summed E-state index contributed by atoms with van der Waals surface area (Å²) in [6.07, 6.45) is 5.37. The summed E-state index contributed by atoms with van der Waals surface area (Å²) in [7, 11) is 0. The molecule has 2 aliphatic rings. The minimum Gasteiger partial charge on any atom is -0.377 e. The van der Waals surface area contributed by atoms with Crippen LogP contribution < -0.4 is 15.5 Å². The number of hydrogen-bond acceptors (Lipinski definition) is 4. The average Bonchev–Trinajstić information content (AvgIpc) is 2.77. The van der Waals surface area contributed by atoms with Gasteiger partial charge < -0.3 is 15.4 Å². The van der Waals surface area contributed by atoms with Gasteiger partial charge in [0.1, 0.15) is 6.54 Å². The summed E-state index contributed by atoms with van der Waals surface area (Å²) in [5.74, 6) is 0.226. The molecular weight excluding hydrogens is 368 g/mol. The number of carbonyl (C=O) groups excluding carboxylic acids is 2. The Morgan fingerprint density at radius 1 is 1.31 bits per heavy atom. The molecule has 2 N–H and O–H groups in total. The largest absolute Gasteiger partial charge is 0.377 e. The Labute approximate surface area is 169 Å². The molecular formula is C22H24N4O3. The van der Waals surface area contributed by atoms with E-state index < -0.39 is 0 Å². The van der Waals surface area contributed by atoms with E-state index in [1.54, 1.807) is 18.3 Å². The monoisotopic (exact) mass is 392 g/mol. The van der Waals surface area contributed by atoms with E-state index in [0.717, 1.165) is 25.0 Å². The molecule has 1 atom stereocenters. The van der Waals surface area contributed by atoms with Crippen LogP contribution in [0.2, 0.25) is 0 Å². The van der Waals surface area contributed by atoms with Gasteiger partial charge in [-0.15, -0.1) is 0 Å². The number of benzene rings is 1. The highest BCUT2D eigenvalue weighted by Gasteiger charge is 2.29. The molecule has 7 nitrogen and oxygen atoms in total. The first-order valence-corrected chi connectivity index (χ1v) is 9.85. The number of anilines is 2. The highest BCUT2D eigenvalue weighted by Crippen LogP contribution is 2.28. The molecule has 1 aromatic heterocycles. The van der Waals surface area contributed by atoms with Crippen LogP contribution in [0.1, 0.15) is 36.9 Å². The van der Waals surface area contributed by atoms with Crippen molar-refractivity contribution in [1.82, 2.24) is 10.3 Å². The van der Waals surface area contributed by atoms with Crippen LogP contribution in [-0.2, 0) is 9.53 Å². The summed E-state index contributed by atoms with van der Waals surface area (Å²) in [5, 5.41) is 5.79. The zero-order valence-electron chi connectivity index (χ0n) is 16.4. The van der Waals surface area contributed by atoms with E-state index >= 15 is 0 Å². The summed E-state index contributed by atoms with van der Waals surface area (Å²) in [4.78, 5) is 30.6. The third-order valence-corrected chi connectivity index (χ3v) is 5.22. The molecule has 0 aliphatic carbocycles. The third-order valence-electron chi connectivity index (χ3n) is 5.22. The second-order valence-corrected chi connectivity index (χ2v) is 7.10. The molecule has 2 aromatic rings. The topological polar surface area (TPSA) is 83.6 Å². The second kappa shape index (κ2) is 8.45. The zero-order chi connectivity index (χ0) is 20.2. The molecule has 0 saturated carbocycles. The Balaban J connectivity index is 1.50. The SMILES string of the molecule is CCC(NC(=O)N1CC(=O)Nc2cccnc21)c1ccc(C2=CCOCC2)cc1. The molecule has 150 valence electrons. The molecule has 4 rings (SSSR count). The van der Waals surface area contributed by atoms with Gasteiger partial charge in [-0.2, -0.15) is 0 Å². The smallest absolute Gasteiger partial charge is 0.324 e. The normalized spacial score (nSPS) is 17.1. The minimum atomic E-state index is -0.331. The molecule has 0 fully saturated rings. The van der Waals surface area contributed by atoms with Crippen molar-refractivity contribution >= 4 is 29.0 Å². The number of hydrogen-bond donors (Lipinski definition) is 2. The fourth-order valence-electron chi connectivity index (χ4n) is 3.65. The zero-order valence-corrected chi connectivity index (χ0v) is 16.4. The van der Waals surface area contributed by atoms with Crippen molar-refractivity contribution in [2.45, 2.75) is 25.8 Å². The van der Waals surface area contributed by atoms with E-state index in [2.05, 4.69) is 46.0 Å². The molecule has 7 heteroatoms. The van der Waals surface area contributed by atoms with Gasteiger partial charge in [-0.1, -0.05) is 37.3 Å². The van der Waals surface area contributed by atoms with Crippen LogP contribution in [-0.4, -0.2) is 36.7 Å². The van der Waals surface area contributed by atoms with Crippen molar-refractivity contribution < 1.29 is 14.3 Å². The van der Waals surface area contributed by atoms with Gasteiger partial charge in [-0.3, -0.25) is 9.69 Å². The fourth-order valence-corrected chi connectivity index (χ4v) is 3.65. The van der Waals surface area contributed by atoms with Gasteiger partial charge >= 0.3 is 6.03 Å². The maximum Gasteiger partial charge on any atom is 0.324 e. The molecule has 1 unspecified atom stereocenters. The predicted octanol–water partition coefficient (Wildman–Crippen LogP) is 3.50. The fraction of sp³-hybridized carbons (Fsp3) is 0.318. The molecule has 3 heterocycles. The number of nitrogens with zero attached hydrogens (tertiary/aromatic N) is 2. The summed E-state index contributed by atoms with van der Waals surface area (Å²) in [5.41, 5.74) is 4.05. The number of ether oxygens (including phenoxy) is 1. The van der Waals surface area contributed by atoms with Crippen molar-refractivity contribution in [2.75, 3.05) is 30.0 Å². The van der Waals surface area contributed by atoms with Crippen LogP contribution in [0.5, 0.6) is 0 Å². The number of pyridine rings is 1. The van der Waals surface area contributed by atoms with E-state index in [4.69, 9.17) is 4.74 Å². The molecule has 2 aliphatic heterocycles. The summed E-state index contributed by atoms with van der Waals surface area (Å²) < 4.78 is 5.37. The lowest BCUT2D eigenvalue weighted by Gasteiger charge is -2.29. The van der Waals surface area contributed by atoms with Gasteiger partial charge in [-0.25, -0.2) is 9.78 Å². The summed E-state index contributed by atoms with van der Waals surface area (Å²) in [6.45, 7) is 3.38. The first-order chi connectivity index (χ1) is 14.2. The maximum atomic E-state index is 12.9. The number of fused-ring (bicyclic) bond motifs is 1. The van der Waals surface area contributed by atoms with E-state index in [1.165, 1.54) is 16.0 Å². The standard InChI is InChI=1S/C22H24N4O3/c1-2-18(17-7-5-15(6-8-17)16-9-12-29-13-10-16)25-22(28)26-14-20(27)24-19-4-3-11-23-21(19)26/h3-9,11,18H,2,10,12-14H2,1H3,(H,24,27)(H,25,28). The highest BCUT2D eigenvalue weighted by atomic mass is 16.5. The first-order valence-electron chi connectivity index (χ1n) is 9.85. The van der Waals surface area contributed by atoms with Crippen molar-refractivity contribution in [1.29, 1.82) is 0 Å². The number of urea groups is 1. The van der Waals surface area contributed by atoms with Gasteiger partial charge in [0.25, 0.3) is 0 Å². The third kappa shape index (κ3) is 4.14. The van der Waals surface area contributed by atoms with Crippen molar-refractivity contribution in [3.8, 4) is 0 Å². The molecule has 0 spiro atoms. The van der Waals surface area contributed by atoms with Crippen LogP contribution in [0.15, 0.2) is 48.7 Å². The van der Waals surface area contributed by atoms with Crippen molar-refractivity contribution in [3.05, 3.63) is 59.8 Å². The number of amides is 3. The molecule has 29 heavy (non-hydrogen) atoms. The number of rotatable bonds is 4. The van der Waals surface area contributed by atoms with Gasteiger partial charge in [0, 0.05) is 6.20 Å².